The van der Waals surface area contributed by atoms with Crippen LogP contribution in [0.1, 0.15) is 46.5 Å². The largest absolute Gasteiger partial charge is 0.338 e. The summed E-state index contributed by atoms with van der Waals surface area (Å²) in [7, 11) is 1.96. The summed E-state index contributed by atoms with van der Waals surface area (Å²) in [6.07, 6.45) is 4.47. The molecule has 0 aliphatic carbocycles. The van der Waals surface area contributed by atoms with Crippen LogP contribution in [0.5, 0.6) is 0 Å². The quantitative estimate of drug-likeness (QED) is 0.795. The molecular formula is C13H26N2O. The summed E-state index contributed by atoms with van der Waals surface area (Å²) in [6, 6.07) is 0.400. The van der Waals surface area contributed by atoms with Gasteiger partial charge in [-0.3, -0.25) is 4.79 Å². The zero-order valence-corrected chi connectivity index (χ0v) is 11.2. The Bertz CT molecular complexity index is 236. The predicted molar refractivity (Wildman–Crippen MR) is 67.4 cm³/mol. The van der Waals surface area contributed by atoms with Crippen molar-refractivity contribution in [3.63, 3.8) is 0 Å². The van der Waals surface area contributed by atoms with Crippen LogP contribution >= 0.6 is 0 Å². The Labute approximate surface area is 99.6 Å². The SMILES string of the molecule is CCC(C)(C)C(=O)N1CCCCC1CNC. The molecule has 0 aromatic rings. The molecule has 94 valence electrons. The summed E-state index contributed by atoms with van der Waals surface area (Å²) in [6.45, 7) is 8.07. The van der Waals surface area contributed by atoms with Crippen LogP contribution in [0.4, 0.5) is 0 Å². The Balaban J connectivity index is 2.71. The molecular weight excluding hydrogens is 200 g/mol. The van der Waals surface area contributed by atoms with Gasteiger partial charge in [0.15, 0.2) is 0 Å². The van der Waals surface area contributed by atoms with Gasteiger partial charge in [0.1, 0.15) is 0 Å². The maximum atomic E-state index is 12.4. The molecule has 1 N–H and O–H groups in total. The van der Waals surface area contributed by atoms with Gasteiger partial charge < -0.3 is 10.2 Å². The summed E-state index contributed by atoms with van der Waals surface area (Å²) < 4.78 is 0. The van der Waals surface area contributed by atoms with Crippen LogP contribution in [0, 0.1) is 5.41 Å². The summed E-state index contributed by atoms with van der Waals surface area (Å²) in [4.78, 5) is 14.5. The third-order valence-electron chi connectivity index (χ3n) is 3.79. The number of rotatable bonds is 4. The van der Waals surface area contributed by atoms with Gasteiger partial charge in [0.05, 0.1) is 0 Å². The Morgan fingerprint density at radius 2 is 2.12 bits per heavy atom. The highest BCUT2D eigenvalue weighted by Gasteiger charge is 2.34. The lowest BCUT2D eigenvalue weighted by Crippen LogP contribution is -2.52. The van der Waals surface area contributed by atoms with E-state index in [9.17, 15) is 4.79 Å². The highest BCUT2D eigenvalue weighted by Crippen LogP contribution is 2.27. The number of carbonyl (C=O) groups is 1. The van der Waals surface area contributed by atoms with Crippen LogP contribution in [-0.2, 0) is 4.79 Å². The summed E-state index contributed by atoms with van der Waals surface area (Å²) in [5.74, 6) is 0.329. The van der Waals surface area contributed by atoms with Crippen molar-refractivity contribution in [2.75, 3.05) is 20.1 Å². The molecule has 1 aliphatic heterocycles. The molecule has 0 aromatic heterocycles. The predicted octanol–water partition coefficient (Wildman–Crippen LogP) is 2.02. The van der Waals surface area contributed by atoms with Gasteiger partial charge in [-0.1, -0.05) is 20.8 Å². The third kappa shape index (κ3) is 2.97. The van der Waals surface area contributed by atoms with Crippen molar-refractivity contribution in [2.24, 2.45) is 5.41 Å². The number of likely N-dealkylation sites (N-methyl/N-ethyl adjacent to an activating group) is 1. The number of hydrogen-bond acceptors (Lipinski definition) is 2. The number of likely N-dealkylation sites (tertiary alicyclic amines) is 1. The Morgan fingerprint density at radius 3 is 2.69 bits per heavy atom. The lowest BCUT2D eigenvalue weighted by Gasteiger charge is -2.40. The average Bonchev–Trinajstić information content (AvgIpc) is 2.29. The highest BCUT2D eigenvalue weighted by atomic mass is 16.2. The Kier molecular flexibility index (Phi) is 4.78. The molecule has 1 atom stereocenters. The standard InChI is InChI=1S/C13H26N2O/c1-5-13(2,3)12(16)15-9-7-6-8-11(15)10-14-4/h11,14H,5-10H2,1-4H3. The van der Waals surface area contributed by atoms with Crippen LogP contribution in [0.3, 0.4) is 0 Å². The summed E-state index contributed by atoms with van der Waals surface area (Å²) >= 11 is 0. The monoisotopic (exact) mass is 226 g/mol. The van der Waals surface area contributed by atoms with Gasteiger partial charge in [-0.05, 0) is 32.7 Å². The molecule has 0 bridgehead atoms. The fraction of sp³-hybridized carbons (Fsp3) is 0.923. The van der Waals surface area contributed by atoms with Crippen LogP contribution in [0.15, 0.2) is 0 Å². The molecule has 0 radical (unpaired) electrons. The molecule has 0 saturated carbocycles. The van der Waals surface area contributed by atoms with Crippen LogP contribution in [0.2, 0.25) is 0 Å². The fourth-order valence-corrected chi connectivity index (χ4v) is 2.26. The van der Waals surface area contributed by atoms with Crippen molar-refractivity contribution in [1.29, 1.82) is 0 Å². The van der Waals surface area contributed by atoms with E-state index in [0.717, 1.165) is 32.4 Å². The van der Waals surface area contributed by atoms with Crippen molar-refractivity contribution in [2.45, 2.75) is 52.5 Å². The first-order valence-corrected chi connectivity index (χ1v) is 6.48. The number of nitrogens with one attached hydrogen (secondary N) is 1. The normalized spacial score (nSPS) is 22.2. The molecule has 1 unspecified atom stereocenters. The molecule has 1 heterocycles. The zero-order chi connectivity index (χ0) is 12.2. The Hall–Kier alpha value is -0.570. The van der Waals surface area contributed by atoms with Crippen LogP contribution in [0.25, 0.3) is 0 Å². The number of amides is 1. The molecule has 16 heavy (non-hydrogen) atoms. The second-order valence-corrected chi connectivity index (χ2v) is 5.44. The lowest BCUT2D eigenvalue weighted by atomic mass is 9.86. The molecule has 3 nitrogen and oxygen atoms in total. The van der Waals surface area contributed by atoms with Gasteiger partial charge in [0, 0.05) is 24.5 Å². The van der Waals surface area contributed by atoms with E-state index in [1.54, 1.807) is 0 Å². The molecule has 1 fully saturated rings. The highest BCUT2D eigenvalue weighted by molar-refractivity contribution is 5.82. The van der Waals surface area contributed by atoms with E-state index in [4.69, 9.17) is 0 Å². The van der Waals surface area contributed by atoms with Crippen molar-refractivity contribution >= 4 is 5.91 Å². The summed E-state index contributed by atoms with van der Waals surface area (Å²) in [5, 5.41) is 3.20. The maximum Gasteiger partial charge on any atom is 0.228 e. The number of carbonyl (C=O) groups excluding carboxylic acids is 1. The first-order chi connectivity index (χ1) is 7.53. The van der Waals surface area contributed by atoms with E-state index in [1.165, 1.54) is 6.42 Å². The van der Waals surface area contributed by atoms with Gasteiger partial charge in [0.2, 0.25) is 5.91 Å². The van der Waals surface area contributed by atoms with Gasteiger partial charge in [-0.2, -0.15) is 0 Å². The fourth-order valence-electron chi connectivity index (χ4n) is 2.26. The molecule has 3 heteroatoms. The molecule has 1 amide bonds. The number of hydrogen-bond donors (Lipinski definition) is 1. The van der Waals surface area contributed by atoms with Crippen molar-refractivity contribution in [1.82, 2.24) is 10.2 Å². The van der Waals surface area contributed by atoms with Gasteiger partial charge in [0.25, 0.3) is 0 Å². The molecule has 1 aliphatic rings. The lowest BCUT2D eigenvalue weighted by molar-refractivity contribution is -0.144. The average molecular weight is 226 g/mol. The second kappa shape index (κ2) is 5.67. The minimum atomic E-state index is -0.205. The first kappa shape index (κ1) is 13.5. The van der Waals surface area contributed by atoms with Crippen LogP contribution < -0.4 is 5.32 Å². The summed E-state index contributed by atoms with van der Waals surface area (Å²) in [5.41, 5.74) is -0.205. The van der Waals surface area contributed by atoms with E-state index in [0.29, 0.717) is 11.9 Å². The van der Waals surface area contributed by atoms with E-state index in [-0.39, 0.29) is 5.41 Å². The molecule has 0 aromatic carbocycles. The van der Waals surface area contributed by atoms with Crippen molar-refractivity contribution in [3.8, 4) is 0 Å². The minimum absolute atomic E-state index is 0.205. The van der Waals surface area contributed by atoms with Crippen LogP contribution in [-0.4, -0.2) is 37.0 Å². The molecule has 0 spiro atoms. The first-order valence-electron chi connectivity index (χ1n) is 6.48. The molecule has 1 saturated heterocycles. The second-order valence-electron chi connectivity index (χ2n) is 5.44. The van der Waals surface area contributed by atoms with E-state index in [1.807, 2.05) is 7.05 Å². The van der Waals surface area contributed by atoms with E-state index >= 15 is 0 Å². The maximum absolute atomic E-state index is 12.4. The minimum Gasteiger partial charge on any atom is -0.338 e. The Morgan fingerprint density at radius 1 is 1.44 bits per heavy atom. The van der Waals surface area contributed by atoms with Crippen molar-refractivity contribution in [3.05, 3.63) is 0 Å². The van der Waals surface area contributed by atoms with Gasteiger partial charge >= 0.3 is 0 Å². The van der Waals surface area contributed by atoms with Gasteiger partial charge in [-0.15, -0.1) is 0 Å². The van der Waals surface area contributed by atoms with Gasteiger partial charge in [-0.25, -0.2) is 0 Å². The number of piperidine rings is 1. The molecule has 1 rings (SSSR count). The smallest absolute Gasteiger partial charge is 0.228 e. The van der Waals surface area contributed by atoms with E-state index in [2.05, 4.69) is 31.0 Å². The van der Waals surface area contributed by atoms with E-state index < -0.39 is 0 Å². The van der Waals surface area contributed by atoms with Crippen molar-refractivity contribution < 1.29 is 4.79 Å². The topological polar surface area (TPSA) is 32.3 Å². The third-order valence-corrected chi connectivity index (χ3v) is 3.79. The zero-order valence-electron chi connectivity index (χ0n) is 11.2. The number of nitrogens with zero attached hydrogens (tertiary/aromatic N) is 1.